The van der Waals surface area contributed by atoms with Crippen molar-refractivity contribution in [2.45, 2.75) is 18.7 Å². The molecule has 1 heterocycles. The van der Waals surface area contributed by atoms with E-state index in [0.29, 0.717) is 6.61 Å². The van der Waals surface area contributed by atoms with Crippen molar-refractivity contribution in [3.05, 3.63) is 81.9 Å². The summed E-state index contributed by atoms with van der Waals surface area (Å²) in [7, 11) is 0. The summed E-state index contributed by atoms with van der Waals surface area (Å²) in [6, 6.07) is 17.9. The second-order valence-electron chi connectivity index (χ2n) is 6.08. The van der Waals surface area contributed by atoms with Gasteiger partial charge in [0.25, 0.3) is 0 Å². The van der Waals surface area contributed by atoms with Crippen LogP contribution in [0.5, 0.6) is 0 Å². The lowest BCUT2D eigenvalue weighted by Crippen LogP contribution is -2.45. The number of amides is 1. The summed E-state index contributed by atoms with van der Waals surface area (Å²) in [5, 5.41) is 11.1. The molecular weight excluding hydrogens is 336 g/mol. The minimum absolute atomic E-state index is 0.0638. The molecule has 7 heteroatoms. The van der Waals surface area contributed by atoms with Crippen molar-refractivity contribution in [1.29, 1.82) is 0 Å². The molecule has 2 atom stereocenters. The summed E-state index contributed by atoms with van der Waals surface area (Å²) in [5.41, 5.74) is 1.85. The van der Waals surface area contributed by atoms with Crippen LogP contribution in [0.2, 0.25) is 0 Å². The summed E-state index contributed by atoms with van der Waals surface area (Å²) in [5.74, 6) is 0. The fraction of sp³-hybridized carbons (Fsp3) is 0.316. The van der Waals surface area contributed by atoms with Crippen LogP contribution in [0.3, 0.4) is 0 Å². The Morgan fingerprint density at radius 3 is 2.46 bits per heavy atom. The number of hydrogen-bond donors (Lipinski definition) is 0. The Morgan fingerprint density at radius 2 is 1.81 bits per heavy atom. The molecule has 0 saturated carbocycles. The van der Waals surface area contributed by atoms with E-state index in [4.69, 9.17) is 9.47 Å². The third-order valence-corrected chi connectivity index (χ3v) is 4.27. The van der Waals surface area contributed by atoms with Crippen LogP contribution in [0.15, 0.2) is 60.7 Å². The minimum Gasteiger partial charge on any atom is -0.447 e. The molecule has 3 rings (SSSR count). The molecule has 1 aliphatic heterocycles. The van der Waals surface area contributed by atoms with Crippen molar-refractivity contribution in [3.63, 3.8) is 0 Å². The Labute approximate surface area is 151 Å². The molecular formula is C19H20N2O5. The molecule has 0 aliphatic carbocycles. The Balaban J connectivity index is 1.72. The summed E-state index contributed by atoms with van der Waals surface area (Å²) < 4.78 is 10.8. The summed E-state index contributed by atoms with van der Waals surface area (Å²) in [6.07, 6.45) is -0.547. The normalized spacial score (nSPS) is 17.8. The van der Waals surface area contributed by atoms with Gasteiger partial charge in [-0.25, -0.2) is 4.79 Å². The quantitative estimate of drug-likeness (QED) is 0.536. The summed E-state index contributed by atoms with van der Waals surface area (Å²) in [4.78, 5) is 24.4. The van der Waals surface area contributed by atoms with Crippen LogP contribution in [-0.4, -0.2) is 41.7 Å². The molecule has 136 valence electrons. The molecule has 1 aliphatic rings. The zero-order valence-corrected chi connectivity index (χ0v) is 14.2. The van der Waals surface area contributed by atoms with Gasteiger partial charge in [0.2, 0.25) is 6.54 Å². The SMILES string of the molecule is O=C1OC[C@@H](c2ccccc2)N1[C@@H](COCc1ccccc1)C[N+](=O)[O-]. The number of carbonyl (C=O) groups is 1. The second-order valence-corrected chi connectivity index (χ2v) is 6.08. The fourth-order valence-electron chi connectivity index (χ4n) is 3.05. The van der Waals surface area contributed by atoms with E-state index in [1.54, 1.807) is 0 Å². The van der Waals surface area contributed by atoms with E-state index in [1.807, 2.05) is 60.7 Å². The van der Waals surface area contributed by atoms with Gasteiger partial charge in [-0.1, -0.05) is 60.7 Å². The highest BCUT2D eigenvalue weighted by Crippen LogP contribution is 2.30. The van der Waals surface area contributed by atoms with E-state index in [-0.39, 0.29) is 19.3 Å². The second kappa shape index (κ2) is 8.44. The maximum absolute atomic E-state index is 12.2. The third kappa shape index (κ3) is 4.37. The number of nitro groups is 1. The maximum atomic E-state index is 12.2. The van der Waals surface area contributed by atoms with Crippen molar-refractivity contribution in [1.82, 2.24) is 4.90 Å². The van der Waals surface area contributed by atoms with Gasteiger partial charge in [-0.2, -0.15) is 0 Å². The monoisotopic (exact) mass is 356 g/mol. The first-order chi connectivity index (χ1) is 12.6. The van der Waals surface area contributed by atoms with E-state index in [2.05, 4.69) is 0 Å². The van der Waals surface area contributed by atoms with Crippen molar-refractivity contribution in [2.24, 2.45) is 0 Å². The molecule has 7 nitrogen and oxygen atoms in total. The van der Waals surface area contributed by atoms with Gasteiger partial charge in [0, 0.05) is 4.92 Å². The van der Waals surface area contributed by atoms with Gasteiger partial charge in [-0.15, -0.1) is 0 Å². The number of carbonyl (C=O) groups excluding carboxylic acids is 1. The Hall–Kier alpha value is -2.93. The molecule has 1 saturated heterocycles. The molecule has 0 aromatic heterocycles. The van der Waals surface area contributed by atoms with Crippen LogP contribution in [0.1, 0.15) is 17.2 Å². The van der Waals surface area contributed by atoms with E-state index in [9.17, 15) is 14.9 Å². The van der Waals surface area contributed by atoms with E-state index >= 15 is 0 Å². The first-order valence-corrected chi connectivity index (χ1v) is 8.38. The molecule has 0 bridgehead atoms. The number of cyclic esters (lactones) is 1. The molecule has 2 aromatic rings. The lowest BCUT2D eigenvalue weighted by atomic mass is 10.1. The standard InChI is InChI=1S/C19H20N2O5/c22-19-21(18(14-26-19)16-9-5-2-6-10-16)17(11-20(23)24)13-25-12-15-7-3-1-4-8-15/h1-10,17-18H,11-14H2/t17-,18+/m1/s1. The minimum atomic E-state index is -0.700. The predicted molar refractivity (Wildman–Crippen MR) is 94.1 cm³/mol. The van der Waals surface area contributed by atoms with Crippen molar-refractivity contribution in [3.8, 4) is 0 Å². The van der Waals surface area contributed by atoms with Gasteiger partial charge in [0.15, 0.2) is 0 Å². The molecule has 0 unspecified atom stereocenters. The highest BCUT2D eigenvalue weighted by molar-refractivity contribution is 5.71. The number of nitrogens with zero attached hydrogens (tertiary/aromatic N) is 2. The highest BCUT2D eigenvalue weighted by atomic mass is 16.6. The number of rotatable bonds is 8. The van der Waals surface area contributed by atoms with Gasteiger partial charge < -0.3 is 9.47 Å². The van der Waals surface area contributed by atoms with Crippen molar-refractivity contribution < 1.29 is 19.2 Å². The molecule has 1 fully saturated rings. The van der Waals surface area contributed by atoms with E-state index in [1.165, 1.54) is 4.90 Å². The van der Waals surface area contributed by atoms with Crippen LogP contribution in [0.4, 0.5) is 4.79 Å². The van der Waals surface area contributed by atoms with E-state index in [0.717, 1.165) is 11.1 Å². The van der Waals surface area contributed by atoms with Gasteiger partial charge in [0.05, 0.1) is 19.3 Å². The molecule has 0 spiro atoms. The van der Waals surface area contributed by atoms with Gasteiger partial charge >= 0.3 is 6.09 Å². The lowest BCUT2D eigenvalue weighted by molar-refractivity contribution is -0.487. The zero-order chi connectivity index (χ0) is 18.4. The van der Waals surface area contributed by atoms with Crippen LogP contribution in [0, 0.1) is 10.1 Å². The van der Waals surface area contributed by atoms with Gasteiger partial charge in [-0.3, -0.25) is 15.0 Å². The fourth-order valence-corrected chi connectivity index (χ4v) is 3.05. The summed E-state index contributed by atoms with van der Waals surface area (Å²) in [6.45, 7) is 0.172. The van der Waals surface area contributed by atoms with Gasteiger partial charge in [0.1, 0.15) is 12.6 Å². The molecule has 2 aromatic carbocycles. The predicted octanol–water partition coefficient (Wildman–Crippen LogP) is 3.04. The topological polar surface area (TPSA) is 81.9 Å². The molecule has 0 radical (unpaired) electrons. The van der Waals surface area contributed by atoms with Crippen molar-refractivity contribution in [2.75, 3.05) is 19.8 Å². The van der Waals surface area contributed by atoms with Crippen LogP contribution in [-0.2, 0) is 16.1 Å². The average molecular weight is 356 g/mol. The number of ether oxygens (including phenoxy) is 2. The lowest BCUT2D eigenvalue weighted by Gasteiger charge is -2.28. The van der Waals surface area contributed by atoms with Crippen LogP contribution in [0.25, 0.3) is 0 Å². The van der Waals surface area contributed by atoms with Crippen molar-refractivity contribution >= 4 is 6.09 Å². The molecule has 26 heavy (non-hydrogen) atoms. The first kappa shape index (κ1) is 17.9. The molecule has 0 N–H and O–H groups in total. The average Bonchev–Trinajstić information content (AvgIpc) is 3.04. The third-order valence-electron chi connectivity index (χ3n) is 4.27. The largest absolute Gasteiger partial charge is 0.447 e. The first-order valence-electron chi connectivity index (χ1n) is 8.38. The number of hydrogen-bond acceptors (Lipinski definition) is 5. The van der Waals surface area contributed by atoms with E-state index < -0.39 is 23.6 Å². The molecule has 1 amide bonds. The Bertz CT molecular complexity index is 738. The number of benzene rings is 2. The zero-order valence-electron chi connectivity index (χ0n) is 14.2. The smallest absolute Gasteiger partial charge is 0.411 e. The Morgan fingerprint density at radius 1 is 1.15 bits per heavy atom. The maximum Gasteiger partial charge on any atom is 0.411 e. The van der Waals surface area contributed by atoms with Gasteiger partial charge in [-0.05, 0) is 11.1 Å². The van der Waals surface area contributed by atoms with Crippen LogP contribution >= 0.6 is 0 Å². The Kier molecular flexibility index (Phi) is 5.80. The highest BCUT2D eigenvalue weighted by Gasteiger charge is 2.41. The summed E-state index contributed by atoms with van der Waals surface area (Å²) >= 11 is 0. The van der Waals surface area contributed by atoms with Crippen LogP contribution < -0.4 is 0 Å².